The molecule has 0 heterocycles. The Kier molecular flexibility index (Phi) is 12.8. The molecule has 0 fully saturated rings. The third kappa shape index (κ3) is 12.5. The number of aliphatic hydroxyl groups is 4. The van der Waals surface area contributed by atoms with Crippen LogP contribution in [0.25, 0.3) is 0 Å². The minimum atomic E-state index is -4.91. The molecular formula is C11H28O11P2. The summed E-state index contributed by atoms with van der Waals surface area (Å²) in [5.74, 6) is 0. The Morgan fingerprint density at radius 1 is 0.792 bits per heavy atom. The molecule has 0 radical (unpaired) electrons. The van der Waals surface area contributed by atoms with Crippen molar-refractivity contribution >= 4 is 15.6 Å². The van der Waals surface area contributed by atoms with Crippen molar-refractivity contribution in [2.24, 2.45) is 5.41 Å². The third-order valence-electron chi connectivity index (χ3n) is 2.23. The first-order valence-electron chi connectivity index (χ1n) is 6.96. The van der Waals surface area contributed by atoms with Crippen LogP contribution in [0.4, 0.5) is 0 Å². The van der Waals surface area contributed by atoms with E-state index in [1.807, 2.05) is 0 Å². The average Bonchev–Trinajstić information content (AvgIpc) is 2.38. The van der Waals surface area contributed by atoms with Crippen LogP contribution < -0.4 is 0 Å². The molecule has 0 saturated carbocycles. The zero-order chi connectivity index (χ0) is 19.6. The van der Waals surface area contributed by atoms with Crippen LogP contribution in [-0.4, -0.2) is 68.8 Å². The average molecular weight is 398 g/mol. The standard InChI is InChI=1S/C6H16O7P2.C5H12O4/c1-5(2)11-15(10,12-6(3)4)13-14(7,8)9;6-1-5(2-7,3-8)4-9/h5-6H,1-4H3,(H2,7,8,9);6-9H,1-4H2. The van der Waals surface area contributed by atoms with Gasteiger partial charge in [-0.15, -0.1) is 0 Å². The summed E-state index contributed by atoms with van der Waals surface area (Å²) in [6, 6.07) is 0. The highest BCUT2D eigenvalue weighted by Crippen LogP contribution is 2.62. The van der Waals surface area contributed by atoms with E-state index in [9.17, 15) is 9.13 Å². The number of phosphoric acid groups is 2. The lowest BCUT2D eigenvalue weighted by Crippen LogP contribution is -2.37. The highest BCUT2D eigenvalue weighted by Gasteiger charge is 2.37. The monoisotopic (exact) mass is 398 g/mol. The summed E-state index contributed by atoms with van der Waals surface area (Å²) in [5, 5.41) is 34.0. The van der Waals surface area contributed by atoms with E-state index >= 15 is 0 Å². The maximum atomic E-state index is 11.7. The largest absolute Gasteiger partial charge is 0.484 e. The fourth-order valence-electron chi connectivity index (χ4n) is 1.01. The van der Waals surface area contributed by atoms with Crippen LogP contribution >= 0.6 is 15.6 Å². The van der Waals surface area contributed by atoms with Crippen LogP contribution in [0.1, 0.15) is 27.7 Å². The Morgan fingerprint density at radius 2 is 1.08 bits per heavy atom. The van der Waals surface area contributed by atoms with Crippen molar-refractivity contribution in [3.05, 3.63) is 0 Å². The molecule has 0 aromatic carbocycles. The summed E-state index contributed by atoms with van der Waals surface area (Å²) in [5.41, 5.74) is -1.11. The molecule has 0 spiro atoms. The Bertz CT molecular complexity index is 385. The zero-order valence-electron chi connectivity index (χ0n) is 14.1. The maximum Gasteiger partial charge on any atom is 0.484 e. The van der Waals surface area contributed by atoms with Crippen molar-refractivity contribution in [3.8, 4) is 0 Å². The molecule has 0 saturated heterocycles. The molecule has 13 heteroatoms. The lowest BCUT2D eigenvalue weighted by Gasteiger charge is -2.23. The van der Waals surface area contributed by atoms with Crippen molar-refractivity contribution in [2.45, 2.75) is 39.9 Å². The fourth-order valence-corrected chi connectivity index (χ4v) is 3.44. The smallest absolute Gasteiger partial charge is 0.396 e. The fraction of sp³-hybridized carbons (Fsp3) is 1.00. The third-order valence-corrected chi connectivity index (χ3v) is 5.24. The zero-order valence-corrected chi connectivity index (χ0v) is 15.9. The second-order valence-corrected chi connectivity index (χ2v) is 8.41. The molecule has 0 aliphatic heterocycles. The van der Waals surface area contributed by atoms with Gasteiger partial charge in [-0.3, -0.25) is 9.05 Å². The van der Waals surface area contributed by atoms with Crippen LogP contribution in [0.5, 0.6) is 0 Å². The van der Waals surface area contributed by atoms with Crippen molar-refractivity contribution in [1.29, 1.82) is 0 Å². The van der Waals surface area contributed by atoms with Crippen molar-refractivity contribution in [2.75, 3.05) is 26.4 Å². The van der Waals surface area contributed by atoms with Crippen LogP contribution in [0.2, 0.25) is 0 Å². The summed E-state index contributed by atoms with van der Waals surface area (Å²) in [7, 11) is -9.13. The van der Waals surface area contributed by atoms with Crippen molar-refractivity contribution < 1.29 is 52.7 Å². The summed E-state index contributed by atoms with van der Waals surface area (Å²) in [6.07, 6.45) is -1.08. The SMILES string of the molecule is CC(C)OP(=O)(OC(C)C)OP(=O)(O)O.OCC(CO)(CO)CO. The first-order valence-corrected chi connectivity index (χ1v) is 9.95. The van der Waals surface area contributed by atoms with Crippen LogP contribution in [0.3, 0.4) is 0 Å². The van der Waals surface area contributed by atoms with Crippen LogP contribution in [0, 0.1) is 5.41 Å². The molecule has 0 bridgehead atoms. The summed E-state index contributed by atoms with van der Waals surface area (Å²) < 4.78 is 35.8. The van der Waals surface area contributed by atoms with Gasteiger partial charge in [-0.25, -0.2) is 9.13 Å². The molecule has 11 nitrogen and oxygen atoms in total. The molecular weight excluding hydrogens is 370 g/mol. The number of hydrogen-bond donors (Lipinski definition) is 6. The van der Waals surface area contributed by atoms with E-state index < -0.39 is 59.7 Å². The number of hydrogen-bond acceptors (Lipinski definition) is 9. The highest BCUT2D eigenvalue weighted by molar-refractivity contribution is 7.61. The van der Waals surface area contributed by atoms with Gasteiger partial charge in [-0.1, -0.05) is 0 Å². The van der Waals surface area contributed by atoms with E-state index in [1.165, 1.54) is 0 Å². The van der Waals surface area contributed by atoms with E-state index in [0.29, 0.717) is 0 Å². The van der Waals surface area contributed by atoms with Gasteiger partial charge in [0.1, 0.15) is 0 Å². The Balaban J connectivity index is 0. The summed E-state index contributed by atoms with van der Waals surface area (Å²) in [4.78, 5) is 17.1. The highest BCUT2D eigenvalue weighted by atomic mass is 31.3. The first kappa shape index (κ1) is 26.3. The van der Waals surface area contributed by atoms with Gasteiger partial charge in [0.25, 0.3) is 0 Å². The van der Waals surface area contributed by atoms with E-state index in [1.54, 1.807) is 27.7 Å². The number of aliphatic hydroxyl groups excluding tert-OH is 4. The van der Waals surface area contributed by atoms with Gasteiger partial charge >= 0.3 is 15.6 Å². The van der Waals surface area contributed by atoms with Gasteiger partial charge in [0, 0.05) is 0 Å². The predicted octanol–water partition coefficient (Wildman–Crippen LogP) is -0.00420. The Hall–Kier alpha value is 0.100. The molecule has 0 aromatic rings. The van der Waals surface area contributed by atoms with E-state index in [4.69, 9.17) is 39.3 Å². The molecule has 148 valence electrons. The van der Waals surface area contributed by atoms with Gasteiger partial charge in [-0.2, -0.15) is 4.31 Å². The minimum absolute atomic E-state index is 0.406. The Morgan fingerprint density at radius 3 is 1.21 bits per heavy atom. The maximum absolute atomic E-state index is 11.7. The summed E-state index contributed by atoms with van der Waals surface area (Å²) in [6.45, 7) is 4.54. The molecule has 0 atom stereocenters. The van der Waals surface area contributed by atoms with Gasteiger partial charge in [0.15, 0.2) is 0 Å². The van der Waals surface area contributed by atoms with Gasteiger partial charge in [0.2, 0.25) is 0 Å². The predicted molar refractivity (Wildman–Crippen MR) is 84.0 cm³/mol. The molecule has 0 amide bonds. The lowest BCUT2D eigenvalue weighted by molar-refractivity contribution is -0.0328. The molecule has 0 aliphatic carbocycles. The topological polar surface area (TPSA) is 183 Å². The Labute approximate surface area is 141 Å². The van der Waals surface area contributed by atoms with Crippen LogP contribution in [-0.2, 0) is 22.5 Å². The van der Waals surface area contributed by atoms with Crippen LogP contribution in [0.15, 0.2) is 0 Å². The molecule has 0 rings (SSSR count). The number of rotatable bonds is 10. The molecule has 6 N–H and O–H groups in total. The molecule has 24 heavy (non-hydrogen) atoms. The van der Waals surface area contributed by atoms with E-state index in [-0.39, 0.29) is 0 Å². The second kappa shape index (κ2) is 11.7. The normalized spacial score (nSPS) is 13.2. The molecule has 0 aliphatic rings. The first-order chi connectivity index (χ1) is 10.8. The van der Waals surface area contributed by atoms with E-state index in [2.05, 4.69) is 4.31 Å². The molecule has 0 aromatic heterocycles. The second-order valence-electron chi connectivity index (χ2n) is 5.46. The molecule has 0 unspecified atom stereocenters. The lowest BCUT2D eigenvalue weighted by atomic mass is 9.93. The van der Waals surface area contributed by atoms with Crippen molar-refractivity contribution in [1.82, 2.24) is 0 Å². The van der Waals surface area contributed by atoms with Gasteiger partial charge < -0.3 is 30.2 Å². The quantitative estimate of drug-likeness (QED) is 0.272. The summed E-state index contributed by atoms with van der Waals surface area (Å²) >= 11 is 0. The van der Waals surface area contributed by atoms with Crippen molar-refractivity contribution in [3.63, 3.8) is 0 Å². The van der Waals surface area contributed by atoms with Gasteiger partial charge in [-0.05, 0) is 27.7 Å². The van der Waals surface area contributed by atoms with Gasteiger partial charge in [0.05, 0.1) is 44.1 Å². The minimum Gasteiger partial charge on any atom is -0.396 e. The van der Waals surface area contributed by atoms with E-state index in [0.717, 1.165) is 0 Å². The number of phosphoric ester groups is 1.